The fourth-order valence-electron chi connectivity index (χ4n) is 11.8. The van der Waals surface area contributed by atoms with E-state index in [1.807, 2.05) is 0 Å². The normalized spacial score (nSPS) is 15.1. The Hall–Kier alpha value is -6.70. The molecule has 1 heteroatoms. The fourth-order valence-corrected chi connectivity index (χ4v) is 11.8. The smallest absolute Gasteiger partial charge is 0.0540 e. The zero-order valence-electron chi connectivity index (χ0n) is 34.6. The molecule has 2 fully saturated rings. The van der Waals surface area contributed by atoms with Gasteiger partial charge in [0.1, 0.15) is 0 Å². The van der Waals surface area contributed by atoms with Crippen LogP contribution in [0.25, 0.3) is 98.3 Å². The van der Waals surface area contributed by atoms with Crippen LogP contribution in [-0.4, -0.2) is 0 Å². The molecule has 0 N–H and O–H groups in total. The van der Waals surface area contributed by atoms with Crippen LogP contribution in [-0.2, 0) is 0 Å². The summed E-state index contributed by atoms with van der Waals surface area (Å²) >= 11 is 0. The van der Waals surface area contributed by atoms with E-state index in [9.17, 15) is 0 Å². The highest BCUT2D eigenvalue weighted by Crippen LogP contribution is 2.52. The van der Waals surface area contributed by atoms with Crippen LogP contribution in [0.15, 0.2) is 163 Å². The Labute approximate surface area is 356 Å². The Morgan fingerprint density at radius 1 is 0.295 bits per heavy atom. The Balaban J connectivity index is 1.07. The third-order valence-electron chi connectivity index (χ3n) is 14.5. The van der Waals surface area contributed by atoms with Gasteiger partial charge in [0.2, 0.25) is 0 Å². The number of hydrogen-bond donors (Lipinski definition) is 0. The van der Waals surface area contributed by atoms with Gasteiger partial charge in [-0.05, 0) is 174 Å². The van der Waals surface area contributed by atoms with Gasteiger partial charge in [0.25, 0.3) is 0 Å². The van der Waals surface area contributed by atoms with E-state index in [4.69, 9.17) is 0 Å². The number of nitrogens with zero attached hydrogens (tertiary/aromatic N) is 1. The van der Waals surface area contributed by atoms with Crippen LogP contribution in [0.4, 0.5) is 17.1 Å². The molecule has 2 aliphatic carbocycles. The highest BCUT2D eigenvalue weighted by Gasteiger charge is 2.24. The number of anilines is 3. The molecule has 292 valence electrons. The second kappa shape index (κ2) is 13.9. The van der Waals surface area contributed by atoms with E-state index in [1.54, 1.807) is 11.1 Å². The van der Waals surface area contributed by atoms with Gasteiger partial charge in [0.15, 0.2) is 0 Å². The topological polar surface area (TPSA) is 3.24 Å². The lowest BCUT2D eigenvalue weighted by atomic mass is 9.82. The molecular weight excluding hydrogens is 735 g/mol. The highest BCUT2D eigenvalue weighted by molar-refractivity contribution is 6.47. The molecule has 0 bridgehead atoms. The number of allylic oxidation sites excluding steroid dienone is 2. The zero-order valence-corrected chi connectivity index (χ0v) is 34.6. The van der Waals surface area contributed by atoms with Crippen molar-refractivity contribution in [3.05, 3.63) is 174 Å². The monoisotopic (exact) mass is 781 g/mol. The second-order valence-electron chi connectivity index (χ2n) is 18.0. The molecule has 0 atom stereocenters. The van der Waals surface area contributed by atoms with Crippen LogP contribution in [0.5, 0.6) is 0 Å². The minimum absolute atomic E-state index is 1.18. The van der Waals surface area contributed by atoms with Crippen molar-refractivity contribution in [3.8, 4) is 0 Å². The summed E-state index contributed by atoms with van der Waals surface area (Å²) < 4.78 is 0. The molecule has 2 saturated carbocycles. The Bertz CT molecular complexity index is 3470. The lowest BCUT2D eigenvalue weighted by Crippen LogP contribution is -2.10. The third-order valence-corrected chi connectivity index (χ3v) is 14.5. The first-order chi connectivity index (χ1) is 30.3. The highest BCUT2D eigenvalue weighted by atomic mass is 15.1. The lowest BCUT2D eigenvalue weighted by molar-refractivity contribution is 0.602. The van der Waals surface area contributed by atoms with Crippen molar-refractivity contribution in [1.29, 1.82) is 0 Å². The quantitative estimate of drug-likeness (QED) is 0.124. The summed E-state index contributed by atoms with van der Waals surface area (Å²) in [4.78, 5) is 2.50. The minimum Gasteiger partial charge on any atom is -0.310 e. The molecule has 0 amide bonds. The first-order valence-corrected chi connectivity index (χ1v) is 22.8. The first kappa shape index (κ1) is 35.1. The van der Waals surface area contributed by atoms with Gasteiger partial charge in [0, 0.05) is 16.8 Å². The molecule has 11 aromatic carbocycles. The second-order valence-corrected chi connectivity index (χ2v) is 18.0. The minimum atomic E-state index is 1.18. The summed E-state index contributed by atoms with van der Waals surface area (Å²) in [5.74, 6) is 0. The summed E-state index contributed by atoms with van der Waals surface area (Å²) in [6, 6.07) is 58.3. The summed E-state index contributed by atoms with van der Waals surface area (Å²) in [6.45, 7) is 0. The molecule has 11 aromatic rings. The van der Waals surface area contributed by atoms with Crippen LogP contribution in [0, 0.1) is 0 Å². The average molecular weight is 782 g/mol. The average Bonchev–Trinajstić information content (AvgIpc) is 3.32. The summed E-state index contributed by atoms with van der Waals surface area (Å²) in [5.41, 5.74) is 9.35. The predicted octanol–water partition coefficient (Wildman–Crippen LogP) is 18.0. The van der Waals surface area contributed by atoms with E-state index in [0.717, 1.165) is 0 Å². The largest absolute Gasteiger partial charge is 0.310 e. The van der Waals surface area contributed by atoms with Crippen molar-refractivity contribution in [3.63, 3.8) is 0 Å². The Morgan fingerprint density at radius 2 is 0.672 bits per heavy atom. The van der Waals surface area contributed by atoms with Crippen molar-refractivity contribution in [2.24, 2.45) is 0 Å². The molecule has 0 saturated heterocycles. The summed E-state index contributed by atoms with van der Waals surface area (Å²) in [7, 11) is 0. The number of fused-ring (bicyclic) bond motifs is 6. The van der Waals surface area contributed by atoms with Crippen LogP contribution >= 0.6 is 0 Å². The van der Waals surface area contributed by atoms with Gasteiger partial charge in [-0.2, -0.15) is 0 Å². The van der Waals surface area contributed by atoms with Gasteiger partial charge >= 0.3 is 0 Å². The SMILES string of the molecule is C(=C1CCCCC1)c1ccc(N(c2ccc(C=C3CCCCC3)cc2)c2ccc3c4cccc5c4c(c4cccc2c34)c2cccc3c4cccc6cccc(c64)c5c32)cc1. The molecule has 0 aliphatic heterocycles. The molecule has 0 radical (unpaired) electrons. The van der Waals surface area contributed by atoms with Crippen molar-refractivity contribution >= 4 is 115 Å². The third kappa shape index (κ3) is 5.46. The Morgan fingerprint density at radius 3 is 1.18 bits per heavy atom. The van der Waals surface area contributed by atoms with E-state index in [2.05, 4.69) is 169 Å². The maximum absolute atomic E-state index is 2.50. The maximum atomic E-state index is 2.50. The molecule has 2 aliphatic rings. The van der Waals surface area contributed by atoms with Crippen LogP contribution in [0.3, 0.4) is 0 Å². The standard InChI is InChI=1S/C60H47N/c1-3-12-38(13-4-1)36-40-26-30-43(31-27-40)61(44-32-28-41(29-33-44)37-39-14-5-2-6-15-39)54-35-34-48-47-20-10-24-52-58(47)60(51-23-11-21-49(54)56(48)51)53-25-9-19-46-45-18-7-16-42-17-8-22-50(55(42)45)59(52)57(46)53/h7-11,16-37H,1-6,12-15H2. The maximum Gasteiger partial charge on any atom is 0.0540 e. The predicted molar refractivity (Wildman–Crippen MR) is 266 cm³/mol. The Kier molecular flexibility index (Phi) is 8.01. The van der Waals surface area contributed by atoms with Gasteiger partial charge in [0.05, 0.1) is 5.69 Å². The van der Waals surface area contributed by atoms with Crippen molar-refractivity contribution in [1.82, 2.24) is 0 Å². The van der Waals surface area contributed by atoms with Crippen LogP contribution in [0.1, 0.15) is 75.3 Å². The van der Waals surface area contributed by atoms with E-state index in [0.29, 0.717) is 0 Å². The van der Waals surface area contributed by atoms with E-state index in [-0.39, 0.29) is 0 Å². The molecule has 0 spiro atoms. The van der Waals surface area contributed by atoms with Crippen LogP contribution in [0.2, 0.25) is 0 Å². The van der Waals surface area contributed by atoms with E-state index >= 15 is 0 Å². The summed E-state index contributed by atoms with van der Waals surface area (Å²) in [5, 5.41) is 21.4. The molecule has 0 unspecified atom stereocenters. The number of benzene rings is 11. The fraction of sp³-hybridized carbons (Fsp3) is 0.167. The van der Waals surface area contributed by atoms with E-state index < -0.39 is 0 Å². The molecule has 1 nitrogen and oxygen atoms in total. The van der Waals surface area contributed by atoms with Gasteiger partial charge in [-0.3, -0.25) is 0 Å². The van der Waals surface area contributed by atoms with Crippen molar-refractivity contribution in [2.75, 3.05) is 4.90 Å². The number of rotatable bonds is 5. The van der Waals surface area contributed by atoms with Gasteiger partial charge in [-0.25, -0.2) is 0 Å². The van der Waals surface area contributed by atoms with Crippen LogP contribution < -0.4 is 4.90 Å². The molecule has 61 heavy (non-hydrogen) atoms. The number of hydrogen-bond acceptors (Lipinski definition) is 1. The van der Waals surface area contributed by atoms with Gasteiger partial charge in [-0.1, -0.05) is 157 Å². The van der Waals surface area contributed by atoms with Crippen molar-refractivity contribution in [2.45, 2.75) is 64.2 Å². The molecular formula is C60H47N. The van der Waals surface area contributed by atoms with Gasteiger partial charge < -0.3 is 4.90 Å². The van der Waals surface area contributed by atoms with E-state index in [1.165, 1.54) is 179 Å². The molecule has 0 heterocycles. The lowest BCUT2D eigenvalue weighted by Gasteiger charge is -2.28. The van der Waals surface area contributed by atoms with Gasteiger partial charge in [-0.15, -0.1) is 0 Å². The zero-order chi connectivity index (χ0) is 40.0. The molecule has 0 aromatic heterocycles. The first-order valence-electron chi connectivity index (χ1n) is 22.8. The summed E-state index contributed by atoms with van der Waals surface area (Å²) in [6.07, 6.45) is 17.8. The molecule has 13 rings (SSSR count). The van der Waals surface area contributed by atoms with Crippen molar-refractivity contribution < 1.29 is 0 Å².